The molecular weight excluding hydrogens is 344 g/mol. The molecule has 1 aromatic heterocycles. The molecule has 4 rings (SSSR count). The number of ether oxygens (including phenoxy) is 3. The van der Waals surface area contributed by atoms with Crippen LogP contribution in [0.4, 0.5) is 0 Å². The first-order chi connectivity index (χ1) is 12.1. The zero-order valence-electron chi connectivity index (χ0n) is 13.4. The average Bonchev–Trinajstić information content (AvgIpc) is 3.20. The van der Waals surface area contributed by atoms with Crippen LogP contribution in [0.1, 0.15) is 36.1 Å². The summed E-state index contributed by atoms with van der Waals surface area (Å²) in [5, 5.41) is 17.3. The summed E-state index contributed by atoms with van der Waals surface area (Å²) in [6, 6.07) is 5.64. The van der Waals surface area contributed by atoms with Gasteiger partial charge < -0.3 is 19.9 Å². The first-order valence-corrected chi connectivity index (χ1v) is 8.25. The quantitative estimate of drug-likeness (QED) is 0.873. The van der Waals surface area contributed by atoms with Crippen molar-refractivity contribution >= 4 is 11.6 Å². The van der Waals surface area contributed by atoms with Crippen LogP contribution in [0.2, 0.25) is 5.02 Å². The van der Waals surface area contributed by atoms with Crippen molar-refractivity contribution in [1.82, 2.24) is 10.2 Å². The largest absolute Gasteiger partial charge is 0.454 e. The standard InChI is InChI=1S/C17H15ClN4O3/c1-2-3-11-15-14(9(6-19)16(20)25-17(15)22-21-11)8-4-12-13(5-10(8)18)24-7-23-12/h4-5,14H,2-3,7,20H2,1H3,(H,21,22)/t14-/m0/s1. The molecule has 2 aliphatic heterocycles. The predicted octanol–water partition coefficient (Wildman–Crippen LogP) is 2.96. The molecule has 2 aliphatic rings. The Labute approximate surface area is 148 Å². The van der Waals surface area contributed by atoms with Crippen LogP contribution in [0.15, 0.2) is 23.6 Å². The molecule has 8 heteroatoms. The van der Waals surface area contributed by atoms with Gasteiger partial charge in [0.2, 0.25) is 18.6 Å². The van der Waals surface area contributed by atoms with Gasteiger partial charge in [0.15, 0.2) is 11.5 Å². The fourth-order valence-electron chi connectivity index (χ4n) is 3.21. The summed E-state index contributed by atoms with van der Waals surface area (Å²) in [7, 11) is 0. The number of halogens is 1. The summed E-state index contributed by atoms with van der Waals surface area (Å²) in [5.41, 5.74) is 8.65. The van der Waals surface area contributed by atoms with Crippen LogP contribution >= 0.6 is 11.6 Å². The maximum absolute atomic E-state index is 9.66. The van der Waals surface area contributed by atoms with Crippen LogP contribution in [0.5, 0.6) is 17.4 Å². The fourth-order valence-corrected chi connectivity index (χ4v) is 3.48. The first kappa shape index (κ1) is 15.7. The third-order valence-corrected chi connectivity index (χ3v) is 4.65. The second-order valence-corrected chi connectivity index (χ2v) is 6.23. The van der Waals surface area contributed by atoms with Gasteiger partial charge in [-0.05, 0) is 18.1 Å². The number of fused-ring (bicyclic) bond motifs is 2. The number of nitrogens with one attached hydrogen (secondary N) is 1. The van der Waals surface area contributed by atoms with Crippen molar-refractivity contribution in [1.29, 1.82) is 5.26 Å². The first-order valence-electron chi connectivity index (χ1n) is 7.87. The molecule has 0 spiro atoms. The van der Waals surface area contributed by atoms with Crippen LogP contribution in [0, 0.1) is 11.3 Å². The van der Waals surface area contributed by atoms with Crippen molar-refractivity contribution in [3.05, 3.63) is 45.4 Å². The van der Waals surface area contributed by atoms with E-state index in [-0.39, 0.29) is 12.7 Å². The van der Waals surface area contributed by atoms with Gasteiger partial charge in [0.05, 0.1) is 11.5 Å². The van der Waals surface area contributed by atoms with Gasteiger partial charge in [0.25, 0.3) is 0 Å². The highest BCUT2D eigenvalue weighted by Crippen LogP contribution is 2.48. The third kappa shape index (κ3) is 2.37. The number of hydrogen-bond acceptors (Lipinski definition) is 6. The highest BCUT2D eigenvalue weighted by Gasteiger charge is 2.37. The molecule has 7 nitrogen and oxygen atoms in total. The number of aryl methyl sites for hydroxylation is 1. The number of nitrogens with zero attached hydrogens (tertiary/aromatic N) is 2. The second-order valence-electron chi connectivity index (χ2n) is 5.82. The van der Waals surface area contributed by atoms with Gasteiger partial charge in [-0.25, -0.2) is 0 Å². The molecule has 128 valence electrons. The van der Waals surface area contributed by atoms with E-state index in [2.05, 4.69) is 23.2 Å². The van der Waals surface area contributed by atoms with Gasteiger partial charge in [0, 0.05) is 16.8 Å². The summed E-state index contributed by atoms with van der Waals surface area (Å²) in [6.45, 7) is 2.21. The van der Waals surface area contributed by atoms with Crippen molar-refractivity contribution < 1.29 is 14.2 Å². The van der Waals surface area contributed by atoms with E-state index in [0.717, 1.165) is 24.1 Å². The van der Waals surface area contributed by atoms with Gasteiger partial charge in [-0.2, -0.15) is 5.26 Å². The number of hydrogen-bond donors (Lipinski definition) is 2. The minimum Gasteiger partial charge on any atom is -0.454 e. The lowest BCUT2D eigenvalue weighted by Gasteiger charge is -2.25. The van der Waals surface area contributed by atoms with E-state index < -0.39 is 5.92 Å². The lowest BCUT2D eigenvalue weighted by molar-refractivity contribution is 0.174. The van der Waals surface area contributed by atoms with Crippen molar-refractivity contribution in [3.63, 3.8) is 0 Å². The summed E-state index contributed by atoms with van der Waals surface area (Å²) >= 11 is 6.49. The SMILES string of the molecule is CCCc1[nH]nc2c1[C@@H](c1cc3c(cc1Cl)OCO3)C(C#N)=C(N)O2. The van der Waals surface area contributed by atoms with E-state index in [1.54, 1.807) is 12.1 Å². The highest BCUT2D eigenvalue weighted by atomic mass is 35.5. The zero-order chi connectivity index (χ0) is 17.6. The Hall–Kier alpha value is -2.85. The molecule has 0 bridgehead atoms. The van der Waals surface area contributed by atoms with Crippen molar-refractivity contribution in [3.8, 4) is 23.4 Å². The molecule has 0 fully saturated rings. The summed E-state index contributed by atoms with van der Waals surface area (Å²) in [5.74, 6) is 1.10. The van der Waals surface area contributed by atoms with Crippen LogP contribution in [0.25, 0.3) is 0 Å². The Balaban J connectivity index is 1.94. The Kier molecular flexibility index (Phi) is 3.70. The number of nitrogens with two attached hydrogens (primary N) is 1. The number of benzene rings is 1. The summed E-state index contributed by atoms with van der Waals surface area (Å²) < 4.78 is 16.4. The van der Waals surface area contributed by atoms with E-state index >= 15 is 0 Å². The molecule has 25 heavy (non-hydrogen) atoms. The van der Waals surface area contributed by atoms with Gasteiger partial charge in [-0.15, -0.1) is 5.10 Å². The molecule has 2 aromatic rings. The minimum absolute atomic E-state index is 0.0308. The molecule has 0 radical (unpaired) electrons. The van der Waals surface area contributed by atoms with E-state index in [9.17, 15) is 5.26 Å². The normalized spacial score (nSPS) is 17.9. The Morgan fingerprint density at radius 3 is 2.88 bits per heavy atom. The van der Waals surface area contributed by atoms with E-state index in [0.29, 0.717) is 33.5 Å². The van der Waals surface area contributed by atoms with Crippen molar-refractivity contribution in [2.45, 2.75) is 25.7 Å². The summed E-state index contributed by atoms with van der Waals surface area (Å²) in [6.07, 6.45) is 1.68. The molecular formula is C17H15ClN4O3. The molecule has 1 atom stereocenters. The maximum atomic E-state index is 9.66. The maximum Gasteiger partial charge on any atom is 0.244 e. The minimum atomic E-state index is -0.476. The van der Waals surface area contributed by atoms with Gasteiger partial charge in [0.1, 0.15) is 11.6 Å². The third-order valence-electron chi connectivity index (χ3n) is 4.32. The molecule has 3 heterocycles. The summed E-state index contributed by atoms with van der Waals surface area (Å²) in [4.78, 5) is 0. The lowest BCUT2D eigenvalue weighted by atomic mass is 9.83. The van der Waals surface area contributed by atoms with Crippen molar-refractivity contribution in [2.75, 3.05) is 6.79 Å². The van der Waals surface area contributed by atoms with Gasteiger partial charge in [-0.1, -0.05) is 24.9 Å². The van der Waals surface area contributed by atoms with Gasteiger partial charge in [-0.3, -0.25) is 5.10 Å². The van der Waals surface area contributed by atoms with Gasteiger partial charge >= 0.3 is 0 Å². The molecule has 0 amide bonds. The van der Waals surface area contributed by atoms with Crippen LogP contribution in [-0.4, -0.2) is 17.0 Å². The number of aromatic amines is 1. The molecule has 1 aromatic carbocycles. The molecule has 3 N–H and O–H groups in total. The molecule has 0 unspecified atom stereocenters. The molecule has 0 aliphatic carbocycles. The lowest BCUT2D eigenvalue weighted by Crippen LogP contribution is -2.21. The second kappa shape index (κ2) is 5.90. The monoisotopic (exact) mass is 358 g/mol. The Morgan fingerprint density at radius 2 is 2.16 bits per heavy atom. The van der Waals surface area contributed by atoms with Crippen molar-refractivity contribution in [2.24, 2.45) is 5.73 Å². The molecule has 0 saturated heterocycles. The predicted molar refractivity (Wildman–Crippen MR) is 89.5 cm³/mol. The van der Waals surface area contributed by atoms with Crippen LogP contribution in [-0.2, 0) is 6.42 Å². The molecule has 0 saturated carbocycles. The average molecular weight is 359 g/mol. The van der Waals surface area contributed by atoms with E-state index in [4.69, 9.17) is 31.5 Å². The number of H-pyrrole nitrogens is 1. The highest BCUT2D eigenvalue weighted by molar-refractivity contribution is 6.31. The number of allylic oxidation sites excluding steroid dienone is 1. The number of rotatable bonds is 3. The topological polar surface area (TPSA) is 106 Å². The van der Waals surface area contributed by atoms with E-state index in [1.165, 1.54) is 0 Å². The Morgan fingerprint density at radius 1 is 1.40 bits per heavy atom. The smallest absolute Gasteiger partial charge is 0.244 e. The Bertz CT molecular complexity index is 929. The van der Waals surface area contributed by atoms with Crippen LogP contribution < -0.4 is 19.9 Å². The van der Waals surface area contributed by atoms with E-state index in [1.807, 2.05) is 0 Å². The fraction of sp³-hybridized carbons (Fsp3) is 0.294. The zero-order valence-corrected chi connectivity index (χ0v) is 14.2. The number of nitriles is 1. The number of aromatic nitrogens is 2. The van der Waals surface area contributed by atoms with Crippen LogP contribution in [0.3, 0.4) is 0 Å².